The van der Waals surface area contributed by atoms with Gasteiger partial charge in [-0.3, -0.25) is 14.3 Å². The monoisotopic (exact) mass is 430 g/mol. The fourth-order valence-electron chi connectivity index (χ4n) is 3.86. The molecule has 2 saturated carbocycles. The Hall–Kier alpha value is -3.09. The fourth-order valence-corrected chi connectivity index (χ4v) is 3.86. The van der Waals surface area contributed by atoms with Gasteiger partial charge in [-0.05, 0) is 59.3 Å². The molecule has 168 valence electrons. The van der Waals surface area contributed by atoms with Gasteiger partial charge in [0, 0.05) is 18.2 Å². The van der Waals surface area contributed by atoms with Crippen LogP contribution in [0.5, 0.6) is 0 Å². The van der Waals surface area contributed by atoms with Crippen LogP contribution in [0.25, 0.3) is 0 Å². The van der Waals surface area contributed by atoms with E-state index in [0.29, 0.717) is 25.7 Å². The van der Waals surface area contributed by atoms with Crippen LogP contribution in [0, 0.1) is 17.2 Å². The number of carbonyl (C=O) groups excluding carboxylic acids is 3. The standard InChI is InChI=1S/C21H30N6O4/c1-20(2,3)31-19(30)24-14-6-8-21(9-7-14,10-11-22)27-12-15(16(23)28)17(26-27)25-18(29)13-4-5-13/h12-14H,4-10H2,1-3H3,(H2,23,28)(H,24,30)(H,25,26,29)/t14-,21-. The Morgan fingerprint density at radius 1 is 1.29 bits per heavy atom. The minimum absolute atomic E-state index is 0.0479. The van der Waals surface area contributed by atoms with Crippen LogP contribution in [-0.2, 0) is 15.1 Å². The molecule has 0 spiro atoms. The van der Waals surface area contributed by atoms with Gasteiger partial charge in [0.2, 0.25) is 5.91 Å². The Morgan fingerprint density at radius 3 is 2.45 bits per heavy atom. The zero-order valence-corrected chi connectivity index (χ0v) is 18.2. The van der Waals surface area contributed by atoms with Crippen LogP contribution >= 0.6 is 0 Å². The van der Waals surface area contributed by atoms with Gasteiger partial charge in [0.25, 0.3) is 5.91 Å². The van der Waals surface area contributed by atoms with Crippen LogP contribution < -0.4 is 16.4 Å². The highest BCUT2D eigenvalue weighted by atomic mass is 16.6. The third-order valence-corrected chi connectivity index (χ3v) is 5.70. The van der Waals surface area contributed by atoms with E-state index in [0.717, 1.165) is 12.8 Å². The number of nitrogens with zero attached hydrogens (tertiary/aromatic N) is 3. The van der Waals surface area contributed by atoms with Crippen LogP contribution in [0.4, 0.5) is 10.6 Å². The third-order valence-electron chi connectivity index (χ3n) is 5.70. The van der Waals surface area contributed by atoms with Crippen LogP contribution in [0.15, 0.2) is 6.20 Å². The van der Waals surface area contributed by atoms with Gasteiger partial charge in [0.1, 0.15) is 11.2 Å². The Morgan fingerprint density at radius 2 is 1.94 bits per heavy atom. The second-order valence-electron chi connectivity index (χ2n) is 9.44. The molecule has 2 fully saturated rings. The number of primary amides is 1. The largest absolute Gasteiger partial charge is 0.444 e. The van der Waals surface area contributed by atoms with Crippen molar-refractivity contribution in [3.8, 4) is 6.07 Å². The number of rotatable bonds is 6. The third kappa shape index (κ3) is 5.54. The number of anilines is 1. The van der Waals surface area contributed by atoms with E-state index in [1.165, 1.54) is 6.20 Å². The van der Waals surface area contributed by atoms with Gasteiger partial charge >= 0.3 is 6.09 Å². The molecule has 1 aromatic heterocycles. The van der Waals surface area contributed by atoms with Gasteiger partial charge in [0.15, 0.2) is 5.82 Å². The highest BCUT2D eigenvalue weighted by Crippen LogP contribution is 2.39. The molecule has 2 aliphatic rings. The molecule has 2 aliphatic carbocycles. The maximum absolute atomic E-state index is 12.2. The van der Waals surface area contributed by atoms with Gasteiger partial charge in [0.05, 0.1) is 18.0 Å². The summed E-state index contributed by atoms with van der Waals surface area (Å²) in [5, 5.41) is 19.5. The summed E-state index contributed by atoms with van der Waals surface area (Å²) >= 11 is 0. The molecular formula is C21H30N6O4. The maximum atomic E-state index is 12.2. The topological polar surface area (TPSA) is 152 Å². The summed E-state index contributed by atoms with van der Waals surface area (Å²) in [6.07, 6.45) is 5.25. The SMILES string of the molecule is CC(C)(C)OC(=O)N[C@H]1CC[C@](CC#N)(n2cc(C(N)=O)c(NC(=O)C3CC3)n2)CC1. The Bertz CT molecular complexity index is 898. The van der Waals surface area contributed by atoms with E-state index in [1.54, 1.807) is 25.5 Å². The van der Waals surface area contributed by atoms with Crippen LogP contribution in [0.2, 0.25) is 0 Å². The van der Waals surface area contributed by atoms with E-state index in [-0.39, 0.29) is 35.7 Å². The van der Waals surface area contributed by atoms with Crippen molar-refractivity contribution in [2.24, 2.45) is 11.7 Å². The number of ether oxygens (including phenoxy) is 1. The van der Waals surface area contributed by atoms with Gasteiger partial charge in [-0.2, -0.15) is 10.4 Å². The molecule has 0 aromatic carbocycles. The summed E-state index contributed by atoms with van der Waals surface area (Å²) in [6, 6.07) is 2.13. The Labute approximate surface area is 181 Å². The molecule has 1 aromatic rings. The Balaban J connectivity index is 1.74. The molecule has 0 bridgehead atoms. The zero-order valence-electron chi connectivity index (χ0n) is 18.2. The number of nitrogens with one attached hydrogen (secondary N) is 2. The van der Waals surface area contributed by atoms with E-state index in [9.17, 15) is 19.6 Å². The Kier molecular flexibility index (Phi) is 6.25. The number of amides is 3. The first kappa shape index (κ1) is 22.6. The first-order valence-corrected chi connectivity index (χ1v) is 10.6. The summed E-state index contributed by atoms with van der Waals surface area (Å²) in [5.41, 5.74) is 4.40. The lowest BCUT2D eigenvalue weighted by Gasteiger charge is -2.39. The number of nitriles is 1. The molecule has 4 N–H and O–H groups in total. The second kappa shape index (κ2) is 8.57. The summed E-state index contributed by atoms with van der Waals surface area (Å²) in [4.78, 5) is 36.2. The molecule has 0 radical (unpaired) electrons. The summed E-state index contributed by atoms with van der Waals surface area (Å²) in [6.45, 7) is 5.41. The summed E-state index contributed by atoms with van der Waals surface area (Å²) in [5.74, 6) is -0.777. The fraction of sp³-hybridized carbons (Fsp3) is 0.667. The van der Waals surface area contributed by atoms with Crippen molar-refractivity contribution in [3.63, 3.8) is 0 Å². The van der Waals surface area contributed by atoms with Crippen LogP contribution in [0.3, 0.4) is 0 Å². The minimum Gasteiger partial charge on any atom is -0.444 e. The molecule has 10 nitrogen and oxygen atoms in total. The highest BCUT2D eigenvalue weighted by molar-refractivity contribution is 6.02. The molecule has 31 heavy (non-hydrogen) atoms. The molecule has 10 heteroatoms. The number of hydrogen-bond acceptors (Lipinski definition) is 6. The smallest absolute Gasteiger partial charge is 0.407 e. The van der Waals surface area contributed by atoms with Gasteiger partial charge in [-0.1, -0.05) is 0 Å². The number of aromatic nitrogens is 2. The number of hydrogen-bond donors (Lipinski definition) is 3. The van der Waals surface area contributed by atoms with Crippen molar-refractivity contribution >= 4 is 23.7 Å². The maximum Gasteiger partial charge on any atom is 0.407 e. The van der Waals surface area contributed by atoms with E-state index in [4.69, 9.17) is 10.5 Å². The molecular weight excluding hydrogens is 400 g/mol. The van der Waals surface area contributed by atoms with Gasteiger partial charge in [-0.15, -0.1) is 0 Å². The van der Waals surface area contributed by atoms with Crippen LogP contribution in [-0.4, -0.2) is 39.3 Å². The summed E-state index contributed by atoms with van der Waals surface area (Å²) in [7, 11) is 0. The van der Waals surface area contributed by atoms with Crippen molar-refractivity contribution in [1.82, 2.24) is 15.1 Å². The lowest BCUT2D eigenvalue weighted by Crippen LogP contribution is -2.46. The van der Waals surface area contributed by atoms with Crippen molar-refractivity contribution in [3.05, 3.63) is 11.8 Å². The quantitative estimate of drug-likeness (QED) is 0.630. The lowest BCUT2D eigenvalue weighted by molar-refractivity contribution is -0.117. The predicted octanol–water partition coefficient (Wildman–Crippen LogP) is 2.41. The van der Waals surface area contributed by atoms with Gasteiger partial charge < -0.3 is 21.1 Å². The molecule has 1 heterocycles. The van der Waals surface area contributed by atoms with Crippen molar-refractivity contribution < 1.29 is 19.1 Å². The van der Waals surface area contributed by atoms with Gasteiger partial charge in [-0.25, -0.2) is 4.79 Å². The average Bonchev–Trinajstić information content (AvgIpc) is 3.42. The molecule has 3 amide bonds. The molecule has 0 saturated heterocycles. The summed E-state index contributed by atoms with van der Waals surface area (Å²) < 4.78 is 6.92. The second-order valence-corrected chi connectivity index (χ2v) is 9.44. The average molecular weight is 431 g/mol. The van der Waals surface area contributed by atoms with Crippen LogP contribution in [0.1, 0.15) is 76.1 Å². The minimum atomic E-state index is -0.690. The number of alkyl carbamates (subject to hydrolysis) is 1. The van der Waals surface area contributed by atoms with E-state index in [1.807, 2.05) is 0 Å². The van der Waals surface area contributed by atoms with Crippen molar-refractivity contribution in [2.45, 2.75) is 82.9 Å². The van der Waals surface area contributed by atoms with E-state index < -0.39 is 23.1 Å². The number of nitrogens with two attached hydrogens (primary N) is 1. The highest BCUT2D eigenvalue weighted by Gasteiger charge is 2.40. The first-order chi connectivity index (χ1) is 14.5. The molecule has 0 unspecified atom stereocenters. The molecule has 3 rings (SSSR count). The normalized spacial score (nSPS) is 23.5. The predicted molar refractivity (Wildman–Crippen MR) is 112 cm³/mol. The molecule has 0 atom stereocenters. The van der Waals surface area contributed by atoms with Crippen molar-refractivity contribution in [1.29, 1.82) is 5.26 Å². The lowest BCUT2D eigenvalue weighted by atomic mass is 9.77. The zero-order chi connectivity index (χ0) is 22.8. The van der Waals surface area contributed by atoms with E-state index in [2.05, 4.69) is 21.8 Å². The number of carbonyl (C=O) groups is 3. The molecule has 0 aliphatic heterocycles. The van der Waals surface area contributed by atoms with E-state index >= 15 is 0 Å². The van der Waals surface area contributed by atoms with Crippen molar-refractivity contribution in [2.75, 3.05) is 5.32 Å². The first-order valence-electron chi connectivity index (χ1n) is 10.6.